The molecule has 2 aliphatic rings. The molecule has 0 aromatic carbocycles. The van der Waals surface area contributed by atoms with E-state index in [1.54, 1.807) is 0 Å². The number of anilines is 1. The van der Waals surface area contributed by atoms with Gasteiger partial charge in [0.05, 0.1) is 6.04 Å². The zero-order chi connectivity index (χ0) is 12.4. The van der Waals surface area contributed by atoms with Crippen LogP contribution in [0, 0.1) is 5.92 Å². The van der Waals surface area contributed by atoms with E-state index in [1.165, 1.54) is 0 Å². The second-order valence-electron chi connectivity index (χ2n) is 4.64. The molecule has 0 spiro atoms. The van der Waals surface area contributed by atoms with Crippen LogP contribution < -0.4 is 10.6 Å². The molecule has 3 heterocycles. The third-order valence-corrected chi connectivity index (χ3v) is 4.49. The lowest BCUT2D eigenvalue weighted by molar-refractivity contribution is -0.119. The molecule has 6 nitrogen and oxygen atoms in total. The van der Waals surface area contributed by atoms with Gasteiger partial charge in [-0.05, 0) is 31.6 Å². The minimum Gasteiger partial charge on any atom is -0.406 e. The highest BCUT2D eigenvalue weighted by atomic mass is 32.2. The van der Waals surface area contributed by atoms with Crippen LogP contribution in [0.2, 0.25) is 0 Å². The van der Waals surface area contributed by atoms with Crippen LogP contribution in [0.1, 0.15) is 31.2 Å². The average molecular weight is 268 g/mol. The quantitative estimate of drug-likeness (QED) is 0.857. The third kappa shape index (κ3) is 2.51. The van der Waals surface area contributed by atoms with Crippen LogP contribution in [-0.4, -0.2) is 34.2 Å². The maximum absolute atomic E-state index is 11.9. The Morgan fingerprint density at radius 2 is 2.39 bits per heavy atom. The summed E-state index contributed by atoms with van der Waals surface area (Å²) in [5, 5.41) is 13.8. The highest BCUT2D eigenvalue weighted by Gasteiger charge is 2.26. The summed E-state index contributed by atoms with van der Waals surface area (Å²) < 4.78 is 5.47. The van der Waals surface area contributed by atoms with Crippen molar-refractivity contribution >= 4 is 23.7 Å². The van der Waals surface area contributed by atoms with Crippen molar-refractivity contribution in [1.82, 2.24) is 15.5 Å². The van der Waals surface area contributed by atoms with Gasteiger partial charge in [0.2, 0.25) is 11.8 Å². The Kier molecular flexibility index (Phi) is 3.51. The first kappa shape index (κ1) is 12.0. The van der Waals surface area contributed by atoms with Gasteiger partial charge in [0.1, 0.15) is 0 Å². The second kappa shape index (κ2) is 5.27. The minimum absolute atomic E-state index is 0.00502. The van der Waals surface area contributed by atoms with Crippen LogP contribution in [0.4, 0.5) is 6.01 Å². The molecule has 3 rings (SSSR count). The van der Waals surface area contributed by atoms with E-state index in [2.05, 4.69) is 20.8 Å². The molecule has 0 aliphatic carbocycles. The molecule has 0 bridgehead atoms. The van der Waals surface area contributed by atoms with Crippen molar-refractivity contribution in [2.45, 2.75) is 25.3 Å². The lowest BCUT2D eigenvalue weighted by Gasteiger charge is -2.06. The number of thioether (sulfide) groups is 1. The number of nitrogens with zero attached hydrogens (tertiary/aromatic N) is 2. The van der Waals surface area contributed by atoms with Crippen LogP contribution in [0.15, 0.2) is 4.42 Å². The number of amides is 1. The monoisotopic (exact) mass is 268 g/mol. The average Bonchev–Trinajstić information content (AvgIpc) is 3.12. The molecular formula is C11H16N4O2S. The predicted octanol–water partition coefficient (Wildman–Crippen LogP) is 1.19. The number of nitrogens with one attached hydrogen (secondary N) is 2. The highest BCUT2D eigenvalue weighted by molar-refractivity contribution is 7.99. The maximum Gasteiger partial charge on any atom is 0.322 e. The summed E-state index contributed by atoms with van der Waals surface area (Å²) in [6, 6.07) is 0.366. The van der Waals surface area contributed by atoms with E-state index < -0.39 is 0 Å². The number of carbonyl (C=O) groups is 1. The smallest absolute Gasteiger partial charge is 0.322 e. The van der Waals surface area contributed by atoms with Crippen LogP contribution in [0.3, 0.4) is 0 Å². The Hall–Kier alpha value is -1.08. The van der Waals surface area contributed by atoms with Crippen molar-refractivity contribution in [2.24, 2.45) is 5.92 Å². The summed E-state index contributed by atoms with van der Waals surface area (Å²) >= 11 is 1.81. The third-order valence-electron chi connectivity index (χ3n) is 3.33. The Morgan fingerprint density at radius 3 is 3.11 bits per heavy atom. The van der Waals surface area contributed by atoms with Crippen molar-refractivity contribution in [1.29, 1.82) is 0 Å². The molecule has 0 saturated carbocycles. The van der Waals surface area contributed by atoms with E-state index in [0.29, 0.717) is 5.89 Å². The van der Waals surface area contributed by atoms with Gasteiger partial charge in [0.15, 0.2) is 0 Å². The summed E-state index contributed by atoms with van der Waals surface area (Å²) in [6.45, 7) is 0.980. The molecular weight excluding hydrogens is 252 g/mol. The molecule has 1 aromatic rings. The lowest BCUT2D eigenvalue weighted by Crippen LogP contribution is -2.22. The normalized spacial score (nSPS) is 27.6. The van der Waals surface area contributed by atoms with Gasteiger partial charge < -0.3 is 9.73 Å². The van der Waals surface area contributed by atoms with E-state index in [-0.39, 0.29) is 23.9 Å². The molecule has 2 saturated heterocycles. The molecule has 0 radical (unpaired) electrons. The van der Waals surface area contributed by atoms with E-state index in [4.69, 9.17) is 4.42 Å². The van der Waals surface area contributed by atoms with Crippen LogP contribution >= 0.6 is 11.8 Å². The molecule has 2 atom stereocenters. The second-order valence-corrected chi connectivity index (χ2v) is 5.79. The minimum atomic E-state index is -0.00502. The van der Waals surface area contributed by atoms with E-state index in [1.807, 2.05) is 11.8 Å². The summed E-state index contributed by atoms with van der Waals surface area (Å²) in [7, 11) is 0. The number of hydrogen-bond donors (Lipinski definition) is 2. The maximum atomic E-state index is 11.9. The Bertz CT molecular complexity index is 424. The fraction of sp³-hybridized carbons (Fsp3) is 0.727. The van der Waals surface area contributed by atoms with Crippen molar-refractivity contribution in [3.8, 4) is 0 Å². The van der Waals surface area contributed by atoms with Gasteiger partial charge >= 0.3 is 6.01 Å². The molecule has 2 N–H and O–H groups in total. The zero-order valence-corrected chi connectivity index (χ0v) is 10.8. The Morgan fingerprint density at radius 1 is 1.44 bits per heavy atom. The number of hydrogen-bond acceptors (Lipinski definition) is 6. The largest absolute Gasteiger partial charge is 0.406 e. The lowest BCUT2D eigenvalue weighted by atomic mass is 10.1. The number of aromatic nitrogens is 2. The Labute approximate surface area is 109 Å². The van der Waals surface area contributed by atoms with Crippen molar-refractivity contribution < 1.29 is 9.21 Å². The fourth-order valence-electron chi connectivity index (χ4n) is 2.27. The molecule has 1 amide bonds. The van der Waals surface area contributed by atoms with Gasteiger partial charge in [-0.2, -0.15) is 11.8 Å². The van der Waals surface area contributed by atoms with Gasteiger partial charge in [-0.15, -0.1) is 5.10 Å². The van der Waals surface area contributed by atoms with Crippen molar-refractivity contribution in [3.63, 3.8) is 0 Å². The van der Waals surface area contributed by atoms with Crippen molar-refractivity contribution in [3.05, 3.63) is 5.89 Å². The fourth-order valence-corrected chi connectivity index (χ4v) is 3.49. The van der Waals surface area contributed by atoms with E-state index >= 15 is 0 Å². The van der Waals surface area contributed by atoms with Crippen molar-refractivity contribution in [2.75, 3.05) is 23.4 Å². The molecule has 2 fully saturated rings. The molecule has 7 heteroatoms. The Balaban J connectivity index is 1.60. The van der Waals surface area contributed by atoms with Gasteiger partial charge in [-0.3, -0.25) is 10.1 Å². The van der Waals surface area contributed by atoms with E-state index in [9.17, 15) is 4.79 Å². The van der Waals surface area contributed by atoms with Gasteiger partial charge in [-0.25, -0.2) is 0 Å². The zero-order valence-electron chi connectivity index (χ0n) is 10.0. The summed E-state index contributed by atoms with van der Waals surface area (Å²) in [6.07, 6.45) is 3.06. The molecule has 1 aromatic heterocycles. The SMILES string of the molecule is O=C(Nc1nnc(C2CCCN2)o1)C1CCSC1. The molecule has 2 aliphatic heterocycles. The summed E-state index contributed by atoms with van der Waals surface area (Å²) in [4.78, 5) is 11.9. The van der Waals surface area contributed by atoms with Crippen LogP contribution in [-0.2, 0) is 4.79 Å². The van der Waals surface area contributed by atoms with Gasteiger partial charge in [0, 0.05) is 11.7 Å². The number of carbonyl (C=O) groups excluding carboxylic acids is 1. The molecule has 18 heavy (non-hydrogen) atoms. The molecule has 2 unspecified atom stereocenters. The summed E-state index contributed by atoms with van der Waals surface area (Å²) in [5.74, 6) is 2.59. The number of rotatable bonds is 3. The predicted molar refractivity (Wildman–Crippen MR) is 68.3 cm³/mol. The highest BCUT2D eigenvalue weighted by Crippen LogP contribution is 2.26. The first-order valence-corrected chi connectivity index (χ1v) is 7.44. The van der Waals surface area contributed by atoms with Gasteiger partial charge in [0.25, 0.3) is 0 Å². The first-order valence-electron chi connectivity index (χ1n) is 6.28. The van der Waals surface area contributed by atoms with Crippen LogP contribution in [0.25, 0.3) is 0 Å². The standard InChI is InChI=1S/C11H16N4O2S/c16-9(7-3-5-18-6-7)13-11-15-14-10(17-11)8-2-1-4-12-8/h7-8,12H,1-6H2,(H,13,15,16). The van der Waals surface area contributed by atoms with E-state index in [0.717, 1.165) is 37.3 Å². The molecule has 98 valence electrons. The first-order chi connectivity index (χ1) is 8.83. The topological polar surface area (TPSA) is 80.0 Å². The summed E-state index contributed by atoms with van der Waals surface area (Å²) in [5.41, 5.74) is 0. The van der Waals surface area contributed by atoms with Crippen LogP contribution in [0.5, 0.6) is 0 Å². The van der Waals surface area contributed by atoms with Gasteiger partial charge in [-0.1, -0.05) is 5.10 Å².